The molecule has 1 aromatic heterocycles. The van der Waals surface area contributed by atoms with E-state index in [-0.39, 0.29) is 11.1 Å². The fourth-order valence-corrected chi connectivity index (χ4v) is 3.42. The van der Waals surface area contributed by atoms with E-state index in [2.05, 4.69) is 10.3 Å². The van der Waals surface area contributed by atoms with Gasteiger partial charge in [0.25, 0.3) is 11.5 Å². The second kappa shape index (κ2) is 7.60. The molecular weight excluding hydrogens is 342 g/mol. The zero-order valence-corrected chi connectivity index (χ0v) is 14.9. The van der Waals surface area contributed by atoms with Crippen LogP contribution in [0, 0.1) is 0 Å². The molecule has 0 saturated heterocycles. The normalized spacial score (nSPS) is 12.6. The summed E-state index contributed by atoms with van der Waals surface area (Å²) in [4.78, 5) is 29.3. The summed E-state index contributed by atoms with van der Waals surface area (Å²) in [5, 5.41) is 3.39. The molecule has 1 aliphatic rings. The van der Waals surface area contributed by atoms with E-state index in [1.165, 1.54) is 22.5 Å². The van der Waals surface area contributed by atoms with E-state index in [0.29, 0.717) is 42.1 Å². The van der Waals surface area contributed by atoms with Crippen LogP contribution in [0.2, 0.25) is 0 Å². The average molecular weight is 361 g/mol. The van der Waals surface area contributed by atoms with Gasteiger partial charge in [-0.15, -0.1) is 0 Å². The number of amides is 1. The van der Waals surface area contributed by atoms with E-state index < -0.39 is 5.91 Å². The third-order valence-corrected chi connectivity index (χ3v) is 4.58. The van der Waals surface area contributed by atoms with Crippen LogP contribution in [-0.4, -0.2) is 34.4 Å². The third-order valence-electron chi connectivity index (χ3n) is 3.61. The summed E-state index contributed by atoms with van der Waals surface area (Å²) in [6.45, 7) is 5.27. The first-order chi connectivity index (χ1) is 12.1. The van der Waals surface area contributed by atoms with Crippen LogP contribution < -0.4 is 20.3 Å². The zero-order valence-electron chi connectivity index (χ0n) is 14.1. The van der Waals surface area contributed by atoms with Crippen LogP contribution in [0.15, 0.2) is 34.3 Å². The summed E-state index contributed by atoms with van der Waals surface area (Å²) in [5.74, 6) is 1.41. The molecule has 0 saturated carbocycles. The maximum atomic E-state index is 12.6. The minimum absolute atomic E-state index is 0.00973. The van der Waals surface area contributed by atoms with E-state index >= 15 is 0 Å². The van der Waals surface area contributed by atoms with Gasteiger partial charge in [-0.1, -0.05) is 11.8 Å². The van der Waals surface area contributed by atoms with E-state index in [4.69, 9.17) is 9.47 Å². The lowest BCUT2D eigenvalue weighted by Crippen LogP contribution is -2.29. The number of ether oxygens (including phenoxy) is 2. The number of benzene rings is 1. The zero-order chi connectivity index (χ0) is 17.8. The molecule has 1 amide bonds. The van der Waals surface area contributed by atoms with E-state index in [9.17, 15) is 9.59 Å². The highest BCUT2D eigenvalue weighted by molar-refractivity contribution is 7.99. The molecule has 0 aliphatic carbocycles. The topological polar surface area (TPSA) is 82.4 Å². The molecule has 1 aromatic carbocycles. The number of hydrogen-bond donors (Lipinski definition) is 1. The average Bonchev–Trinajstić information content (AvgIpc) is 3.07. The Labute approximate surface area is 149 Å². The van der Waals surface area contributed by atoms with Crippen molar-refractivity contribution >= 4 is 23.4 Å². The standard InChI is InChI=1S/C17H19N3O4S/c1-3-23-11-5-6-14(24-4-2)13(9-11)19-15(21)12-10-18-17-20(16(12)22)7-8-25-17/h5-6,9-10H,3-4,7-8H2,1-2H3,(H,19,21). The SMILES string of the molecule is CCOc1ccc(OCC)c(NC(=O)c2cnc3n(c2=O)CCS3)c1. The van der Waals surface area contributed by atoms with Crippen LogP contribution in [0.1, 0.15) is 24.2 Å². The minimum Gasteiger partial charge on any atom is -0.494 e. The molecular formula is C17H19N3O4S. The number of anilines is 1. The highest BCUT2D eigenvalue weighted by atomic mass is 32.2. The summed E-state index contributed by atoms with van der Waals surface area (Å²) in [6, 6.07) is 5.18. The lowest BCUT2D eigenvalue weighted by molar-refractivity contribution is 0.102. The molecule has 0 unspecified atom stereocenters. The number of carbonyl (C=O) groups is 1. The predicted molar refractivity (Wildman–Crippen MR) is 96.0 cm³/mol. The highest BCUT2D eigenvalue weighted by Gasteiger charge is 2.21. The van der Waals surface area contributed by atoms with Gasteiger partial charge in [-0.05, 0) is 26.0 Å². The van der Waals surface area contributed by atoms with Gasteiger partial charge >= 0.3 is 0 Å². The molecule has 0 radical (unpaired) electrons. The van der Waals surface area contributed by atoms with Crippen molar-refractivity contribution in [1.29, 1.82) is 0 Å². The molecule has 1 aliphatic heterocycles. The van der Waals surface area contributed by atoms with Gasteiger partial charge in [0, 0.05) is 24.6 Å². The third kappa shape index (κ3) is 3.63. The quantitative estimate of drug-likeness (QED) is 0.796. The van der Waals surface area contributed by atoms with Crippen LogP contribution in [0.3, 0.4) is 0 Å². The largest absolute Gasteiger partial charge is 0.494 e. The van der Waals surface area contributed by atoms with E-state index in [1.807, 2.05) is 13.8 Å². The fraction of sp³-hybridized carbons (Fsp3) is 0.353. The van der Waals surface area contributed by atoms with E-state index in [0.717, 1.165) is 5.75 Å². The first kappa shape index (κ1) is 17.3. The second-order valence-corrected chi connectivity index (χ2v) is 6.30. The Morgan fingerprint density at radius 3 is 2.88 bits per heavy atom. The molecule has 0 bridgehead atoms. The summed E-state index contributed by atoms with van der Waals surface area (Å²) < 4.78 is 12.5. The van der Waals surface area contributed by atoms with Crippen molar-refractivity contribution in [1.82, 2.24) is 9.55 Å². The Hall–Kier alpha value is -2.48. The number of rotatable bonds is 6. The summed E-state index contributed by atoms with van der Waals surface area (Å²) in [7, 11) is 0. The number of fused-ring (bicyclic) bond motifs is 1. The number of nitrogens with one attached hydrogen (secondary N) is 1. The van der Waals surface area contributed by atoms with Crippen molar-refractivity contribution in [3.63, 3.8) is 0 Å². The number of aromatic nitrogens is 2. The van der Waals surface area contributed by atoms with Gasteiger partial charge < -0.3 is 14.8 Å². The molecule has 3 rings (SSSR count). The number of carbonyl (C=O) groups excluding carboxylic acids is 1. The maximum absolute atomic E-state index is 12.6. The smallest absolute Gasteiger partial charge is 0.267 e. The molecule has 132 valence electrons. The van der Waals surface area contributed by atoms with Crippen molar-refractivity contribution in [2.24, 2.45) is 0 Å². The van der Waals surface area contributed by atoms with Crippen molar-refractivity contribution in [3.05, 3.63) is 40.3 Å². The number of nitrogens with zero attached hydrogens (tertiary/aromatic N) is 2. The Balaban J connectivity index is 1.90. The van der Waals surface area contributed by atoms with Crippen LogP contribution >= 0.6 is 11.8 Å². The molecule has 0 spiro atoms. The predicted octanol–water partition coefficient (Wildman–Crippen LogP) is 2.40. The lowest BCUT2D eigenvalue weighted by Gasteiger charge is -2.13. The Kier molecular flexibility index (Phi) is 5.28. The highest BCUT2D eigenvalue weighted by Crippen LogP contribution is 2.30. The molecule has 2 aromatic rings. The fourth-order valence-electron chi connectivity index (χ4n) is 2.51. The van der Waals surface area contributed by atoms with Gasteiger partial charge in [0.15, 0.2) is 5.16 Å². The molecule has 7 nitrogen and oxygen atoms in total. The van der Waals surface area contributed by atoms with Crippen LogP contribution in [0.25, 0.3) is 0 Å². The first-order valence-electron chi connectivity index (χ1n) is 8.07. The van der Waals surface area contributed by atoms with Gasteiger partial charge in [-0.2, -0.15) is 0 Å². The molecule has 2 heterocycles. The van der Waals surface area contributed by atoms with Gasteiger partial charge in [0.05, 0.1) is 18.9 Å². The summed E-state index contributed by atoms with van der Waals surface area (Å²) >= 11 is 1.51. The van der Waals surface area contributed by atoms with Gasteiger partial charge in [0.2, 0.25) is 0 Å². The molecule has 1 N–H and O–H groups in total. The van der Waals surface area contributed by atoms with Crippen molar-refractivity contribution in [2.45, 2.75) is 25.5 Å². The van der Waals surface area contributed by atoms with Gasteiger partial charge in [-0.3, -0.25) is 14.2 Å². The Morgan fingerprint density at radius 2 is 2.12 bits per heavy atom. The Bertz CT molecular complexity index is 850. The van der Waals surface area contributed by atoms with E-state index in [1.54, 1.807) is 18.2 Å². The van der Waals surface area contributed by atoms with Crippen molar-refractivity contribution in [3.8, 4) is 11.5 Å². The molecule has 25 heavy (non-hydrogen) atoms. The first-order valence-corrected chi connectivity index (χ1v) is 9.06. The second-order valence-electron chi connectivity index (χ2n) is 5.24. The maximum Gasteiger partial charge on any atom is 0.267 e. The van der Waals surface area contributed by atoms with Crippen molar-refractivity contribution < 1.29 is 14.3 Å². The summed E-state index contributed by atoms with van der Waals surface area (Å²) in [6.07, 6.45) is 1.33. The van der Waals surface area contributed by atoms with Crippen LogP contribution in [0.5, 0.6) is 11.5 Å². The lowest BCUT2D eigenvalue weighted by atomic mass is 10.2. The van der Waals surface area contributed by atoms with Crippen molar-refractivity contribution in [2.75, 3.05) is 24.3 Å². The molecule has 0 atom stereocenters. The monoisotopic (exact) mass is 361 g/mol. The summed E-state index contributed by atoms with van der Waals surface area (Å²) in [5.41, 5.74) is 0.138. The molecule has 0 fully saturated rings. The van der Waals surface area contributed by atoms with Gasteiger partial charge in [-0.25, -0.2) is 4.98 Å². The number of hydrogen-bond acceptors (Lipinski definition) is 6. The van der Waals surface area contributed by atoms with Crippen LogP contribution in [-0.2, 0) is 6.54 Å². The minimum atomic E-state index is -0.515. The molecule has 8 heteroatoms. The van der Waals surface area contributed by atoms with Crippen LogP contribution in [0.4, 0.5) is 5.69 Å². The van der Waals surface area contributed by atoms with Gasteiger partial charge in [0.1, 0.15) is 17.1 Å². The number of thioether (sulfide) groups is 1. The Morgan fingerprint density at radius 1 is 1.32 bits per heavy atom.